The molecule has 8 heteroatoms. The normalized spacial score (nSPS) is 16.1. The monoisotopic (exact) mass is 519 g/mol. The summed E-state index contributed by atoms with van der Waals surface area (Å²) in [6.07, 6.45) is 0.591. The van der Waals surface area contributed by atoms with Gasteiger partial charge in [0, 0.05) is 31.2 Å². The van der Waals surface area contributed by atoms with Gasteiger partial charge in [-0.05, 0) is 63.3 Å². The van der Waals surface area contributed by atoms with Gasteiger partial charge in [-0.25, -0.2) is 14.4 Å². The molecular formula is C30H38FN5O2. The highest BCUT2D eigenvalue weighted by atomic mass is 19.1. The number of amides is 1. The van der Waals surface area contributed by atoms with E-state index in [1.54, 1.807) is 0 Å². The first-order chi connectivity index (χ1) is 18.1. The van der Waals surface area contributed by atoms with Gasteiger partial charge < -0.3 is 15.4 Å². The van der Waals surface area contributed by atoms with Crippen molar-refractivity contribution in [2.45, 2.75) is 60.6 Å². The summed E-state index contributed by atoms with van der Waals surface area (Å²) in [6.45, 7) is 14.4. The van der Waals surface area contributed by atoms with Crippen LogP contribution in [0.15, 0.2) is 30.3 Å². The molecule has 1 fully saturated rings. The third-order valence-corrected chi connectivity index (χ3v) is 7.44. The molecule has 0 spiro atoms. The summed E-state index contributed by atoms with van der Waals surface area (Å²) in [5.41, 5.74) is 11.7. The highest BCUT2D eigenvalue weighted by molar-refractivity contribution is 5.76. The zero-order valence-corrected chi connectivity index (χ0v) is 23.3. The predicted molar refractivity (Wildman–Crippen MR) is 149 cm³/mol. The van der Waals surface area contributed by atoms with Crippen LogP contribution in [0.25, 0.3) is 11.4 Å². The van der Waals surface area contributed by atoms with E-state index in [1.807, 2.05) is 39.0 Å². The number of ether oxygens (including phenoxy) is 1. The lowest BCUT2D eigenvalue weighted by atomic mass is 10.0. The summed E-state index contributed by atoms with van der Waals surface area (Å²) < 4.78 is 21.3. The number of piperazine rings is 1. The number of halogens is 1. The van der Waals surface area contributed by atoms with Crippen LogP contribution in [0.1, 0.15) is 47.4 Å². The number of primary amides is 1. The Balaban J connectivity index is 1.75. The molecule has 1 saturated heterocycles. The number of carbonyl (C=O) groups excluding carboxylic acids is 1. The van der Waals surface area contributed by atoms with Gasteiger partial charge in [0.25, 0.3) is 0 Å². The fraction of sp³-hybridized carbons (Fsp3) is 0.433. The Morgan fingerprint density at radius 2 is 1.79 bits per heavy atom. The van der Waals surface area contributed by atoms with Crippen LogP contribution in [-0.4, -0.2) is 53.0 Å². The zero-order chi connectivity index (χ0) is 27.6. The lowest BCUT2D eigenvalue weighted by molar-refractivity contribution is -0.119. The van der Waals surface area contributed by atoms with Crippen molar-refractivity contribution in [1.29, 1.82) is 0 Å². The van der Waals surface area contributed by atoms with E-state index in [0.717, 1.165) is 39.3 Å². The molecule has 1 amide bonds. The van der Waals surface area contributed by atoms with E-state index >= 15 is 4.39 Å². The molecule has 202 valence electrons. The van der Waals surface area contributed by atoms with Gasteiger partial charge in [-0.2, -0.15) is 0 Å². The number of nitrogens with two attached hydrogens (primary N) is 1. The summed E-state index contributed by atoms with van der Waals surface area (Å²) in [5, 5.41) is 0. The first-order valence-electron chi connectivity index (χ1n) is 13.2. The maximum absolute atomic E-state index is 15.2. The molecule has 0 radical (unpaired) electrons. The Labute approximate surface area is 224 Å². The fourth-order valence-electron chi connectivity index (χ4n) is 5.20. The van der Waals surface area contributed by atoms with Crippen molar-refractivity contribution in [3.05, 3.63) is 69.7 Å². The van der Waals surface area contributed by atoms with E-state index in [-0.39, 0.29) is 36.7 Å². The lowest BCUT2D eigenvalue weighted by Crippen LogP contribution is -2.54. The van der Waals surface area contributed by atoms with Crippen LogP contribution in [-0.2, 0) is 17.8 Å². The van der Waals surface area contributed by atoms with E-state index in [2.05, 4.69) is 42.7 Å². The smallest absolute Gasteiger partial charge is 0.231 e. The molecule has 1 aliphatic heterocycles. The van der Waals surface area contributed by atoms with Crippen LogP contribution in [0.5, 0.6) is 5.75 Å². The SMILES string of the molecule is CCc1ccc(C)c(OCc2c(C)nc(-c3c(C)cccc3C)nc2N2CCN(CC(N)=O)C(C)C2)c1F. The Morgan fingerprint density at radius 1 is 1.08 bits per heavy atom. The minimum absolute atomic E-state index is 0.102. The van der Waals surface area contributed by atoms with Crippen LogP contribution in [0.3, 0.4) is 0 Å². The van der Waals surface area contributed by atoms with Gasteiger partial charge in [-0.15, -0.1) is 0 Å². The molecule has 2 heterocycles. The average molecular weight is 520 g/mol. The van der Waals surface area contributed by atoms with E-state index in [0.29, 0.717) is 37.4 Å². The molecule has 0 bridgehead atoms. The van der Waals surface area contributed by atoms with Crippen molar-refractivity contribution in [1.82, 2.24) is 14.9 Å². The van der Waals surface area contributed by atoms with Gasteiger partial charge in [0.15, 0.2) is 17.4 Å². The van der Waals surface area contributed by atoms with Crippen molar-refractivity contribution in [3.8, 4) is 17.1 Å². The number of hydrogen-bond acceptors (Lipinski definition) is 6. The maximum atomic E-state index is 15.2. The number of carbonyl (C=O) groups is 1. The first kappa shape index (κ1) is 27.5. The summed E-state index contributed by atoms with van der Waals surface area (Å²) in [5.74, 6) is 1.08. The Hall–Kier alpha value is -3.52. The quantitative estimate of drug-likeness (QED) is 0.466. The van der Waals surface area contributed by atoms with E-state index in [1.165, 1.54) is 0 Å². The number of rotatable bonds is 8. The standard InChI is InChI=1S/C30H38FN5O2/c1-7-23-12-11-20(4)28(27(23)31)38-17-24-22(6)33-29(26-18(2)9-8-10-19(26)3)34-30(24)36-14-13-35(16-25(32)37)21(5)15-36/h8-12,21H,7,13-17H2,1-6H3,(H2,32,37). The minimum Gasteiger partial charge on any atom is -0.485 e. The molecule has 0 aliphatic carbocycles. The van der Waals surface area contributed by atoms with Crippen LogP contribution >= 0.6 is 0 Å². The van der Waals surface area contributed by atoms with Gasteiger partial charge in [0.1, 0.15) is 12.4 Å². The lowest BCUT2D eigenvalue weighted by Gasteiger charge is -2.40. The summed E-state index contributed by atoms with van der Waals surface area (Å²) in [4.78, 5) is 25.8. The van der Waals surface area contributed by atoms with Crippen LogP contribution in [0.2, 0.25) is 0 Å². The van der Waals surface area contributed by atoms with Crippen LogP contribution in [0.4, 0.5) is 10.2 Å². The topological polar surface area (TPSA) is 84.6 Å². The van der Waals surface area contributed by atoms with Gasteiger partial charge in [0.2, 0.25) is 5.91 Å². The number of aromatic nitrogens is 2. The number of nitrogens with zero attached hydrogens (tertiary/aromatic N) is 4. The average Bonchev–Trinajstić information content (AvgIpc) is 2.85. The number of benzene rings is 2. The Bertz CT molecular complexity index is 1320. The molecule has 7 nitrogen and oxygen atoms in total. The summed E-state index contributed by atoms with van der Waals surface area (Å²) in [7, 11) is 0. The number of hydrogen-bond donors (Lipinski definition) is 1. The fourth-order valence-corrected chi connectivity index (χ4v) is 5.20. The van der Waals surface area contributed by atoms with Crippen molar-refractivity contribution in [2.75, 3.05) is 31.1 Å². The van der Waals surface area contributed by atoms with Crippen molar-refractivity contribution in [3.63, 3.8) is 0 Å². The van der Waals surface area contributed by atoms with Crippen LogP contribution in [0, 0.1) is 33.5 Å². The molecule has 38 heavy (non-hydrogen) atoms. The maximum Gasteiger partial charge on any atom is 0.231 e. The van der Waals surface area contributed by atoms with E-state index in [4.69, 9.17) is 20.4 Å². The van der Waals surface area contributed by atoms with E-state index < -0.39 is 0 Å². The molecule has 1 aromatic heterocycles. The third-order valence-electron chi connectivity index (χ3n) is 7.44. The Kier molecular flexibility index (Phi) is 8.31. The second-order valence-corrected chi connectivity index (χ2v) is 10.3. The summed E-state index contributed by atoms with van der Waals surface area (Å²) in [6, 6.07) is 9.97. The van der Waals surface area contributed by atoms with Crippen molar-refractivity contribution < 1.29 is 13.9 Å². The first-order valence-corrected chi connectivity index (χ1v) is 13.2. The molecule has 1 unspecified atom stereocenters. The van der Waals surface area contributed by atoms with Gasteiger partial charge in [-0.1, -0.05) is 37.3 Å². The molecule has 0 saturated carbocycles. The molecular weight excluding hydrogens is 481 g/mol. The molecule has 1 atom stereocenters. The summed E-state index contributed by atoms with van der Waals surface area (Å²) >= 11 is 0. The van der Waals surface area contributed by atoms with Gasteiger partial charge in [-0.3, -0.25) is 9.69 Å². The second-order valence-electron chi connectivity index (χ2n) is 10.3. The molecule has 3 aromatic rings. The van der Waals surface area contributed by atoms with Crippen LogP contribution < -0.4 is 15.4 Å². The molecule has 2 N–H and O–H groups in total. The van der Waals surface area contributed by atoms with Gasteiger partial charge >= 0.3 is 0 Å². The predicted octanol–water partition coefficient (Wildman–Crippen LogP) is 4.65. The molecule has 2 aromatic carbocycles. The number of aryl methyl sites for hydroxylation is 5. The minimum atomic E-state index is -0.332. The third kappa shape index (κ3) is 5.65. The highest BCUT2D eigenvalue weighted by Gasteiger charge is 2.29. The van der Waals surface area contributed by atoms with Gasteiger partial charge in [0.05, 0.1) is 17.8 Å². The van der Waals surface area contributed by atoms with Crippen molar-refractivity contribution in [2.24, 2.45) is 5.73 Å². The van der Waals surface area contributed by atoms with Crippen molar-refractivity contribution >= 4 is 11.7 Å². The Morgan fingerprint density at radius 3 is 2.42 bits per heavy atom. The largest absolute Gasteiger partial charge is 0.485 e. The zero-order valence-electron chi connectivity index (χ0n) is 23.3. The van der Waals surface area contributed by atoms with E-state index in [9.17, 15) is 4.79 Å². The molecule has 4 rings (SSSR count). The number of anilines is 1. The molecule has 1 aliphatic rings. The second kappa shape index (κ2) is 11.5. The highest BCUT2D eigenvalue weighted by Crippen LogP contribution is 2.32.